The molecule has 0 saturated heterocycles. The van der Waals surface area contributed by atoms with Crippen molar-refractivity contribution < 1.29 is 9.32 Å². The third kappa shape index (κ3) is 5.66. The van der Waals surface area contributed by atoms with Crippen LogP contribution < -0.4 is 5.32 Å². The first kappa shape index (κ1) is 14.7. The zero-order valence-electron chi connectivity index (χ0n) is 10.1. The van der Waals surface area contributed by atoms with Gasteiger partial charge in [-0.1, -0.05) is 6.07 Å². The molecule has 1 rings (SSSR count). The normalized spacial score (nSPS) is 14.5. The van der Waals surface area contributed by atoms with E-state index in [1.165, 1.54) is 0 Å². The Labute approximate surface area is 113 Å². The molecule has 0 aliphatic carbocycles. The van der Waals surface area contributed by atoms with Crippen LogP contribution >= 0.6 is 15.9 Å². The number of halogens is 1. The minimum absolute atomic E-state index is 0.253. The molecule has 0 aromatic heterocycles. The highest BCUT2D eigenvalue weighted by atomic mass is 79.9. The molecule has 1 aromatic carbocycles. The second-order valence-electron chi connectivity index (χ2n) is 4.13. The first-order valence-corrected chi connectivity index (χ1v) is 8.02. The van der Waals surface area contributed by atoms with E-state index in [9.17, 15) is 9.32 Å². The van der Waals surface area contributed by atoms with Gasteiger partial charge in [-0.3, -0.25) is 4.21 Å². The molecule has 0 bridgehead atoms. The average molecular weight is 320 g/mol. The largest absolute Gasteiger partial charge is 0.507 e. The van der Waals surface area contributed by atoms with Gasteiger partial charge in [0.15, 0.2) is 0 Å². The summed E-state index contributed by atoms with van der Waals surface area (Å²) in [4.78, 5) is 0. The monoisotopic (exact) mass is 319 g/mol. The van der Waals surface area contributed by atoms with E-state index < -0.39 is 10.8 Å². The van der Waals surface area contributed by atoms with Crippen LogP contribution in [0.5, 0.6) is 5.75 Å². The number of phenols is 1. The van der Waals surface area contributed by atoms with Gasteiger partial charge < -0.3 is 10.4 Å². The van der Waals surface area contributed by atoms with Gasteiger partial charge in [-0.05, 0) is 47.0 Å². The van der Waals surface area contributed by atoms with Crippen molar-refractivity contribution in [3.8, 4) is 5.75 Å². The molecule has 2 atom stereocenters. The van der Waals surface area contributed by atoms with E-state index in [1.807, 2.05) is 12.1 Å². The highest BCUT2D eigenvalue weighted by Gasteiger charge is 2.04. The topological polar surface area (TPSA) is 49.3 Å². The predicted octanol–water partition coefficient (Wildman–Crippen LogP) is 2.40. The summed E-state index contributed by atoms with van der Waals surface area (Å²) < 4.78 is 11.7. The lowest BCUT2D eigenvalue weighted by Crippen LogP contribution is -2.26. The zero-order chi connectivity index (χ0) is 12.8. The molecule has 0 aliphatic rings. The van der Waals surface area contributed by atoms with Gasteiger partial charge >= 0.3 is 0 Å². The van der Waals surface area contributed by atoms with E-state index >= 15 is 0 Å². The lowest BCUT2D eigenvalue weighted by atomic mass is 10.2. The number of phenolic OH excluding ortho intramolecular Hbond substituents is 1. The fourth-order valence-corrected chi connectivity index (χ4v) is 2.51. The van der Waals surface area contributed by atoms with Crippen LogP contribution in [0.15, 0.2) is 22.7 Å². The molecule has 3 nitrogen and oxygen atoms in total. The Bertz CT molecular complexity index is 398. The minimum atomic E-state index is -0.722. The van der Waals surface area contributed by atoms with Crippen molar-refractivity contribution in [2.45, 2.75) is 25.9 Å². The van der Waals surface area contributed by atoms with Gasteiger partial charge in [0.25, 0.3) is 0 Å². The van der Waals surface area contributed by atoms with Crippen molar-refractivity contribution in [2.24, 2.45) is 0 Å². The third-order valence-electron chi connectivity index (χ3n) is 2.51. The molecule has 96 valence electrons. The molecule has 1 aromatic rings. The quantitative estimate of drug-likeness (QED) is 0.846. The van der Waals surface area contributed by atoms with E-state index in [-0.39, 0.29) is 5.75 Å². The third-order valence-corrected chi connectivity index (χ3v) is 3.95. The second-order valence-corrected chi connectivity index (χ2v) is 6.54. The fraction of sp³-hybridized carbons (Fsp3) is 0.500. The number of benzene rings is 1. The van der Waals surface area contributed by atoms with E-state index in [4.69, 9.17) is 0 Å². The first-order chi connectivity index (χ1) is 7.99. The molecular formula is C12H18BrNO2S. The fourth-order valence-electron chi connectivity index (χ4n) is 1.40. The summed E-state index contributed by atoms with van der Waals surface area (Å²) in [5, 5.41) is 12.7. The molecular weight excluding hydrogens is 302 g/mol. The first-order valence-electron chi connectivity index (χ1n) is 5.50. The van der Waals surface area contributed by atoms with E-state index in [2.05, 4.69) is 28.2 Å². The molecule has 0 aliphatic heterocycles. The van der Waals surface area contributed by atoms with Gasteiger partial charge in [0, 0.05) is 35.4 Å². The SMILES string of the molecule is CC(CCS(C)=O)NCc1ccc(O)c(Br)c1. The standard InChI is InChI=1S/C12H18BrNO2S/c1-9(5-6-17(2)16)14-8-10-3-4-12(15)11(13)7-10/h3-4,7,9,14-15H,5-6,8H2,1-2H3. The van der Waals surface area contributed by atoms with Crippen molar-refractivity contribution in [1.29, 1.82) is 0 Å². The number of hydrogen-bond donors (Lipinski definition) is 2. The number of hydrogen-bond acceptors (Lipinski definition) is 3. The summed E-state index contributed by atoms with van der Waals surface area (Å²) in [6, 6.07) is 5.80. The van der Waals surface area contributed by atoms with E-state index in [1.54, 1.807) is 12.3 Å². The summed E-state index contributed by atoms with van der Waals surface area (Å²) in [5.74, 6) is 0.983. The van der Waals surface area contributed by atoms with Crippen LogP contribution in [0.1, 0.15) is 18.9 Å². The van der Waals surface area contributed by atoms with Crippen LogP contribution in [0.25, 0.3) is 0 Å². The van der Waals surface area contributed by atoms with Gasteiger partial charge in [-0.25, -0.2) is 0 Å². The minimum Gasteiger partial charge on any atom is -0.507 e. The van der Waals surface area contributed by atoms with E-state index in [0.29, 0.717) is 10.5 Å². The number of rotatable bonds is 6. The summed E-state index contributed by atoms with van der Waals surface area (Å²) in [5.41, 5.74) is 1.11. The summed E-state index contributed by atoms with van der Waals surface area (Å²) in [6.07, 6.45) is 2.63. The van der Waals surface area contributed by atoms with Crippen molar-refractivity contribution in [1.82, 2.24) is 5.32 Å². The molecule has 0 saturated carbocycles. The maximum Gasteiger partial charge on any atom is 0.129 e. The lowest BCUT2D eigenvalue weighted by Gasteiger charge is -2.13. The number of aromatic hydroxyl groups is 1. The second kappa shape index (κ2) is 7.13. The average Bonchev–Trinajstić information content (AvgIpc) is 2.28. The smallest absolute Gasteiger partial charge is 0.129 e. The van der Waals surface area contributed by atoms with Crippen LogP contribution in [-0.2, 0) is 17.3 Å². The Morgan fingerprint density at radius 2 is 2.24 bits per heavy atom. The highest BCUT2D eigenvalue weighted by molar-refractivity contribution is 9.10. The molecule has 0 heterocycles. The van der Waals surface area contributed by atoms with Gasteiger partial charge in [-0.2, -0.15) is 0 Å². The molecule has 0 radical (unpaired) electrons. The molecule has 0 fully saturated rings. The van der Waals surface area contributed by atoms with Gasteiger partial charge in [0.2, 0.25) is 0 Å². The van der Waals surface area contributed by atoms with Gasteiger partial charge in [-0.15, -0.1) is 0 Å². The Morgan fingerprint density at radius 3 is 2.82 bits per heavy atom. The van der Waals surface area contributed by atoms with E-state index in [0.717, 1.165) is 24.3 Å². The van der Waals surface area contributed by atoms with Crippen LogP contribution in [0, 0.1) is 0 Å². The van der Waals surface area contributed by atoms with Crippen molar-refractivity contribution >= 4 is 26.7 Å². The Balaban J connectivity index is 2.39. The van der Waals surface area contributed by atoms with Crippen molar-refractivity contribution in [3.63, 3.8) is 0 Å². The van der Waals surface area contributed by atoms with Crippen LogP contribution in [0.3, 0.4) is 0 Å². The van der Waals surface area contributed by atoms with Gasteiger partial charge in [0.1, 0.15) is 5.75 Å². The molecule has 5 heteroatoms. The summed E-state index contributed by atoms with van der Waals surface area (Å²) in [6.45, 7) is 2.83. The summed E-state index contributed by atoms with van der Waals surface area (Å²) >= 11 is 3.28. The zero-order valence-corrected chi connectivity index (χ0v) is 12.5. The van der Waals surface area contributed by atoms with Crippen molar-refractivity contribution in [3.05, 3.63) is 28.2 Å². The van der Waals surface area contributed by atoms with Crippen LogP contribution in [0.4, 0.5) is 0 Å². The Morgan fingerprint density at radius 1 is 1.53 bits per heavy atom. The maximum absolute atomic E-state index is 11.0. The highest BCUT2D eigenvalue weighted by Crippen LogP contribution is 2.24. The van der Waals surface area contributed by atoms with Crippen LogP contribution in [-0.4, -0.2) is 27.4 Å². The van der Waals surface area contributed by atoms with Crippen molar-refractivity contribution in [2.75, 3.05) is 12.0 Å². The van der Waals surface area contributed by atoms with Gasteiger partial charge in [0.05, 0.1) is 4.47 Å². The number of nitrogens with one attached hydrogen (secondary N) is 1. The molecule has 2 unspecified atom stereocenters. The summed E-state index contributed by atoms with van der Waals surface area (Å²) in [7, 11) is -0.722. The molecule has 0 amide bonds. The Kier molecular flexibility index (Phi) is 6.16. The Hall–Kier alpha value is -0.390. The molecule has 17 heavy (non-hydrogen) atoms. The molecule has 2 N–H and O–H groups in total. The van der Waals surface area contributed by atoms with Crippen LogP contribution in [0.2, 0.25) is 0 Å². The lowest BCUT2D eigenvalue weighted by molar-refractivity contribution is 0.471. The predicted molar refractivity (Wildman–Crippen MR) is 75.7 cm³/mol. The maximum atomic E-state index is 11.0. The molecule has 0 spiro atoms.